The van der Waals surface area contributed by atoms with Gasteiger partial charge >= 0.3 is 0 Å². The summed E-state index contributed by atoms with van der Waals surface area (Å²) < 4.78 is 4.50. The maximum absolute atomic E-state index is 5.08. The molecule has 1 unspecified atom stereocenters. The summed E-state index contributed by atoms with van der Waals surface area (Å²) in [6, 6.07) is 58.1. The summed E-state index contributed by atoms with van der Waals surface area (Å²) in [5.74, 6) is 0.832. The van der Waals surface area contributed by atoms with Gasteiger partial charge in [-0.15, -0.1) is 0 Å². The summed E-state index contributed by atoms with van der Waals surface area (Å²) >= 11 is 0. The Balaban J connectivity index is 0.000000218. The lowest BCUT2D eigenvalue weighted by Crippen LogP contribution is -2.15. The lowest BCUT2D eigenvalue weighted by Gasteiger charge is -2.24. The van der Waals surface area contributed by atoms with Crippen LogP contribution in [0.1, 0.15) is 0 Å². The van der Waals surface area contributed by atoms with E-state index >= 15 is 0 Å². The van der Waals surface area contributed by atoms with Crippen molar-refractivity contribution >= 4 is 58.7 Å². The number of nitrogens with zero attached hydrogens (tertiary/aromatic N) is 4. The zero-order chi connectivity index (χ0) is 31.0. The highest BCUT2D eigenvalue weighted by atomic mass is 31.1. The molecule has 222 valence electrons. The van der Waals surface area contributed by atoms with Crippen LogP contribution in [0, 0.1) is 0 Å². The van der Waals surface area contributed by atoms with Crippen LogP contribution in [0.15, 0.2) is 182 Å². The van der Waals surface area contributed by atoms with Crippen LogP contribution in [0.5, 0.6) is 0 Å². The van der Waals surface area contributed by atoms with E-state index in [2.05, 4.69) is 117 Å². The topological polar surface area (TPSA) is 46.0 Å². The Kier molecular flexibility index (Phi) is 8.75. The van der Waals surface area contributed by atoms with Crippen molar-refractivity contribution < 1.29 is 0 Å². The van der Waals surface area contributed by atoms with Crippen molar-refractivity contribution in [3.63, 3.8) is 0 Å². The molecule has 2 aromatic heterocycles. The standard InChI is InChI=1S/C28H21N4P.C12H11N/c1-3-11-21(12-4-1)32(22-13-5-2-6-14-22)33-28-20-29-19-27(30-28)31-25-17-9-7-15-23(25)24-16-8-10-18-26(24)31;1-3-7-11(8-4-1)13-12-9-5-2-6-10-12/h1-20,33H;1-10,13H. The minimum Gasteiger partial charge on any atom is -0.356 e. The van der Waals surface area contributed by atoms with Gasteiger partial charge in [-0.25, -0.2) is 4.98 Å². The summed E-state index contributed by atoms with van der Waals surface area (Å²) in [7, 11) is 0.302. The van der Waals surface area contributed by atoms with E-state index in [0.29, 0.717) is 8.73 Å². The SMILES string of the molecule is c1ccc(N(Pc2cncc(-n3c4ccccc4c4ccccc43)n2)c2ccccc2)cc1.c1ccc(Nc2ccccc2)cc1. The Hall–Kier alpha value is -5.77. The van der Waals surface area contributed by atoms with Gasteiger partial charge in [0.15, 0.2) is 5.82 Å². The van der Waals surface area contributed by atoms with Gasteiger partial charge in [-0.05, 0) is 60.7 Å². The van der Waals surface area contributed by atoms with Crippen molar-refractivity contribution in [1.82, 2.24) is 14.5 Å². The first-order valence-electron chi connectivity index (χ1n) is 15.2. The first-order valence-corrected chi connectivity index (χ1v) is 16.1. The van der Waals surface area contributed by atoms with E-state index in [-0.39, 0.29) is 0 Å². The first-order chi connectivity index (χ1) is 22.8. The Morgan fingerprint density at radius 2 is 0.913 bits per heavy atom. The molecule has 0 saturated heterocycles. The van der Waals surface area contributed by atoms with Crippen LogP contribution in [0.3, 0.4) is 0 Å². The molecule has 0 spiro atoms. The van der Waals surface area contributed by atoms with Gasteiger partial charge in [0.2, 0.25) is 0 Å². The summed E-state index contributed by atoms with van der Waals surface area (Å²) in [6.45, 7) is 0. The van der Waals surface area contributed by atoms with Crippen molar-refractivity contribution in [2.24, 2.45) is 0 Å². The Morgan fingerprint density at radius 3 is 1.41 bits per heavy atom. The second kappa shape index (κ2) is 13.9. The molecule has 0 bridgehead atoms. The Bertz CT molecular complexity index is 2020. The van der Waals surface area contributed by atoms with Gasteiger partial charge in [-0.3, -0.25) is 9.55 Å². The fourth-order valence-corrected chi connectivity index (χ4v) is 6.53. The molecule has 0 aliphatic carbocycles. The lowest BCUT2D eigenvalue weighted by atomic mass is 10.2. The Morgan fingerprint density at radius 1 is 0.478 bits per heavy atom. The number of hydrogen-bond donors (Lipinski definition) is 1. The molecule has 1 N–H and O–H groups in total. The number of rotatable bonds is 7. The third-order valence-corrected chi connectivity index (χ3v) is 8.73. The first kappa shape index (κ1) is 29.0. The highest BCUT2D eigenvalue weighted by Gasteiger charge is 2.15. The van der Waals surface area contributed by atoms with E-state index in [1.165, 1.54) is 10.8 Å². The fraction of sp³-hybridized carbons (Fsp3) is 0. The van der Waals surface area contributed by atoms with Crippen LogP contribution in [0.25, 0.3) is 27.6 Å². The minimum atomic E-state index is 0.302. The molecule has 1 atom stereocenters. The largest absolute Gasteiger partial charge is 0.356 e. The predicted octanol–water partition coefficient (Wildman–Crippen LogP) is 10.1. The van der Waals surface area contributed by atoms with E-state index in [0.717, 1.165) is 45.0 Å². The molecule has 0 fully saturated rings. The van der Waals surface area contributed by atoms with Crippen molar-refractivity contribution in [3.8, 4) is 5.82 Å². The van der Waals surface area contributed by atoms with Crippen molar-refractivity contribution in [1.29, 1.82) is 0 Å². The highest BCUT2D eigenvalue weighted by molar-refractivity contribution is 7.49. The smallest absolute Gasteiger partial charge is 0.156 e. The molecule has 0 amide bonds. The van der Waals surface area contributed by atoms with Crippen LogP contribution in [-0.2, 0) is 0 Å². The fourth-order valence-electron chi connectivity index (χ4n) is 5.44. The van der Waals surface area contributed by atoms with Crippen molar-refractivity contribution in [3.05, 3.63) is 182 Å². The average molecular weight is 614 g/mol. The molecule has 0 aliphatic rings. The maximum Gasteiger partial charge on any atom is 0.156 e. The van der Waals surface area contributed by atoms with Gasteiger partial charge in [0.05, 0.1) is 23.4 Å². The second-order valence-corrected chi connectivity index (χ2v) is 11.8. The number of anilines is 4. The maximum atomic E-state index is 5.08. The molecule has 0 radical (unpaired) electrons. The summed E-state index contributed by atoms with van der Waals surface area (Å²) in [5.41, 5.74) is 7.70. The van der Waals surface area contributed by atoms with E-state index in [1.807, 2.05) is 85.2 Å². The van der Waals surface area contributed by atoms with Gasteiger partial charge < -0.3 is 9.99 Å². The van der Waals surface area contributed by atoms with E-state index < -0.39 is 0 Å². The molecule has 8 rings (SSSR count). The van der Waals surface area contributed by atoms with Crippen LogP contribution >= 0.6 is 8.73 Å². The van der Waals surface area contributed by atoms with E-state index in [9.17, 15) is 0 Å². The monoisotopic (exact) mass is 613 g/mol. The highest BCUT2D eigenvalue weighted by Crippen LogP contribution is 2.36. The van der Waals surface area contributed by atoms with Gasteiger partial charge in [0, 0.05) is 42.3 Å². The van der Waals surface area contributed by atoms with E-state index in [1.54, 1.807) is 0 Å². The zero-order valence-electron chi connectivity index (χ0n) is 25.1. The van der Waals surface area contributed by atoms with Crippen molar-refractivity contribution in [2.75, 3.05) is 9.99 Å². The third kappa shape index (κ3) is 6.51. The number of nitrogens with one attached hydrogen (secondary N) is 1. The van der Waals surface area contributed by atoms with Crippen LogP contribution in [-0.4, -0.2) is 14.5 Å². The van der Waals surface area contributed by atoms with Gasteiger partial charge in [-0.1, -0.05) is 109 Å². The molecule has 6 heteroatoms. The molecular weight excluding hydrogens is 581 g/mol. The molecular formula is C40H32N5P. The summed E-state index contributed by atoms with van der Waals surface area (Å²) in [6.07, 6.45) is 3.72. The van der Waals surface area contributed by atoms with Crippen LogP contribution in [0.2, 0.25) is 0 Å². The van der Waals surface area contributed by atoms with Crippen molar-refractivity contribution in [2.45, 2.75) is 0 Å². The average Bonchev–Trinajstić information content (AvgIpc) is 3.47. The number of fused-ring (bicyclic) bond motifs is 3. The van der Waals surface area contributed by atoms with Crippen LogP contribution in [0.4, 0.5) is 22.7 Å². The quantitative estimate of drug-likeness (QED) is 0.182. The zero-order valence-corrected chi connectivity index (χ0v) is 26.1. The van der Waals surface area contributed by atoms with Gasteiger partial charge in [-0.2, -0.15) is 0 Å². The molecule has 0 saturated carbocycles. The Labute approximate surface area is 270 Å². The van der Waals surface area contributed by atoms with Gasteiger partial charge in [0.1, 0.15) is 5.44 Å². The molecule has 5 nitrogen and oxygen atoms in total. The van der Waals surface area contributed by atoms with Gasteiger partial charge in [0.25, 0.3) is 0 Å². The number of benzene rings is 6. The van der Waals surface area contributed by atoms with E-state index in [4.69, 9.17) is 4.98 Å². The lowest BCUT2D eigenvalue weighted by molar-refractivity contribution is 1.06. The number of hydrogen-bond acceptors (Lipinski definition) is 4. The second-order valence-electron chi connectivity index (χ2n) is 10.6. The summed E-state index contributed by atoms with van der Waals surface area (Å²) in [4.78, 5) is 9.67. The molecule has 2 heterocycles. The molecule has 0 aliphatic heterocycles. The van der Waals surface area contributed by atoms with Crippen LogP contribution < -0.4 is 15.4 Å². The minimum absolute atomic E-state index is 0.302. The predicted molar refractivity (Wildman–Crippen MR) is 196 cm³/mol. The molecule has 8 aromatic rings. The summed E-state index contributed by atoms with van der Waals surface area (Å²) in [5, 5.41) is 5.74. The number of aromatic nitrogens is 3. The number of para-hydroxylation sites is 6. The molecule has 6 aromatic carbocycles. The normalized spacial score (nSPS) is 11.0. The third-order valence-electron chi connectivity index (χ3n) is 7.52. The molecule has 46 heavy (non-hydrogen) atoms.